The van der Waals surface area contributed by atoms with Gasteiger partial charge in [-0.2, -0.15) is 5.26 Å². The molecule has 0 radical (unpaired) electrons. The van der Waals surface area contributed by atoms with E-state index in [0.29, 0.717) is 12.2 Å². The molecule has 198 valence electrons. The van der Waals surface area contributed by atoms with Crippen molar-refractivity contribution >= 4 is 57.5 Å². The first-order chi connectivity index (χ1) is 17.9. The molecule has 1 saturated heterocycles. The van der Waals surface area contributed by atoms with Crippen molar-refractivity contribution in [2.75, 3.05) is 5.32 Å². The zero-order valence-electron chi connectivity index (χ0n) is 20.8. The van der Waals surface area contributed by atoms with Crippen molar-refractivity contribution in [3.05, 3.63) is 91.1 Å². The van der Waals surface area contributed by atoms with Gasteiger partial charge >= 0.3 is 0 Å². The van der Waals surface area contributed by atoms with E-state index in [0.717, 1.165) is 9.64 Å². The van der Waals surface area contributed by atoms with E-state index >= 15 is 8.78 Å². The average molecular weight is 669 g/mol. The molecule has 1 aliphatic heterocycles. The monoisotopic (exact) mass is 668 g/mol. The number of rotatable bonds is 5. The van der Waals surface area contributed by atoms with Crippen LogP contribution in [0.2, 0.25) is 10.0 Å². The van der Waals surface area contributed by atoms with Gasteiger partial charge in [-0.1, -0.05) is 62.2 Å². The van der Waals surface area contributed by atoms with Gasteiger partial charge in [-0.15, -0.1) is 0 Å². The fourth-order valence-corrected chi connectivity index (χ4v) is 5.87. The summed E-state index contributed by atoms with van der Waals surface area (Å²) < 4.78 is 32.2. The lowest BCUT2D eigenvalue weighted by atomic mass is 9.62. The SMILES string of the molecule is CC(C)(C)C[C@@H]1N[C@@H](C(=O)Nc2ccc(I)cn2)[C@H](c2cccc(Cl)c2F)[C@@]1(C#N)c1ccc(Cl)cc1F. The summed E-state index contributed by atoms with van der Waals surface area (Å²) in [4.78, 5) is 18.0. The molecular weight excluding hydrogens is 644 g/mol. The van der Waals surface area contributed by atoms with Crippen LogP contribution < -0.4 is 10.6 Å². The molecule has 4 rings (SSSR count). The highest BCUT2D eigenvalue weighted by molar-refractivity contribution is 14.1. The smallest absolute Gasteiger partial charge is 0.243 e. The molecule has 4 atom stereocenters. The van der Waals surface area contributed by atoms with E-state index in [1.807, 2.05) is 20.8 Å². The number of nitriles is 1. The zero-order valence-corrected chi connectivity index (χ0v) is 24.5. The van der Waals surface area contributed by atoms with E-state index < -0.39 is 41.0 Å². The number of halogens is 5. The molecule has 0 bridgehead atoms. The van der Waals surface area contributed by atoms with E-state index in [4.69, 9.17) is 23.2 Å². The van der Waals surface area contributed by atoms with Gasteiger partial charge in [0.15, 0.2) is 0 Å². The molecule has 0 unspecified atom stereocenters. The van der Waals surface area contributed by atoms with Gasteiger partial charge in [0.25, 0.3) is 0 Å². The van der Waals surface area contributed by atoms with Gasteiger partial charge in [0.05, 0.1) is 17.1 Å². The lowest BCUT2D eigenvalue weighted by Crippen LogP contribution is -2.45. The third kappa shape index (κ3) is 5.53. The highest BCUT2D eigenvalue weighted by atomic mass is 127. The first-order valence-electron chi connectivity index (χ1n) is 11.9. The van der Waals surface area contributed by atoms with E-state index in [9.17, 15) is 10.1 Å². The third-order valence-electron chi connectivity index (χ3n) is 6.71. The number of anilines is 1. The molecule has 1 fully saturated rings. The van der Waals surface area contributed by atoms with Crippen LogP contribution in [0.4, 0.5) is 14.6 Å². The Kier molecular flexibility index (Phi) is 8.34. The number of benzene rings is 2. The highest BCUT2D eigenvalue weighted by Crippen LogP contribution is 2.52. The van der Waals surface area contributed by atoms with Crippen molar-refractivity contribution in [2.24, 2.45) is 5.41 Å². The Hall–Kier alpha value is -2.32. The number of carbonyl (C=O) groups excluding carboxylic acids is 1. The summed E-state index contributed by atoms with van der Waals surface area (Å²) in [5.41, 5.74) is -1.95. The summed E-state index contributed by atoms with van der Waals surface area (Å²) >= 11 is 14.3. The molecular formula is C28H25Cl2F2IN4O. The largest absolute Gasteiger partial charge is 0.309 e. The van der Waals surface area contributed by atoms with Crippen molar-refractivity contribution in [1.29, 1.82) is 5.26 Å². The first kappa shape index (κ1) is 28.7. The van der Waals surface area contributed by atoms with Crippen molar-refractivity contribution in [1.82, 2.24) is 10.3 Å². The minimum atomic E-state index is -1.69. The Bertz CT molecular complexity index is 1410. The van der Waals surface area contributed by atoms with Crippen molar-refractivity contribution < 1.29 is 13.6 Å². The van der Waals surface area contributed by atoms with E-state index in [1.165, 1.54) is 24.3 Å². The maximum absolute atomic E-state index is 15.7. The van der Waals surface area contributed by atoms with Crippen molar-refractivity contribution in [3.63, 3.8) is 0 Å². The topological polar surface area (TPSA) is 77.8 Å². The summed E-state index contributed by atoms with van der Waals surface area (Å²) in [5, 5.41) is 16.9. The van der Waals surface area contributed by atoms with Crippen LogP contribution in [0.15, 0.2) is 54.7 Å². The quantitative estimate of drug-likeness (QED) is 0.281. The summed E-state index contributed by atoms with van der Waals surface area (Å²) in [7, 11) is 0. The maximum atomic E-state index is 15.7. The molecule has 1 aromatic heterocycles. The number of aromatic nitrogens is 1. The molecule has 1 aliphatic rings. The summed E-state index contributed by atoms with van der Waals surface area (Å²) in [6.07, 6.45) is 1.98. The normalized spacial score (nSPS) is 23.2. The molecule has 0 spiro atoms. The molecule has 2 aromatic carbocycles. The predicted molar refractivity (Wildman–Crippen MR) is 153 cm³/mol. The minimum absolute atomic E-state index is 0.0261. The first-order valence-corrected chi connectivity index (χ1v) is 13.7. The van der Waals surface area contributed by atoms with Gasteiger partial charge in [0.1, 0.15) is 22.9 Å². The van der Waals surface area contributed by atoms with E-state index in [-0.39, 0.29) is 26.6 Å². The number of nitrogens with zero attached hydrogens (tertiary/aromatic N) is 2. The predicted octanol–water partition coefficient (Wildman–Crippen LogP) is 7.23. The summed E-state index contributed by atoms with van der Waals surface area (Å²) in [5.74, 6) is -2.86. The van der Waals surface area contributed by atoms with Crippen LogP contribution in [-0.4, -0.2) is 23.0 Å². The number of amides is 1. The molecule has 38 heavy (non-hydrogen) atoms. The van der Waals surface area contributed by atoms with Crippen molar-refractivity contribution in [3.8, 4) is 6.07 Å². The lowest BCUT2D eigenvalue weighted by Gasteiger charge is -2.37. The van der Waals surface area contributed by atoms with Gasteiger partial charge in [-0.3, -0.25) is 4.79 Å². The number of hydrogen-bond acceptors (Lipinski definition) is 4. The summed E-state index contributed by atoms with van der Waals surface area (Å²) in [6, 6.07) is 12.4. The van der Waals surface area contributed by atoms with Crippen LogP contribution in [0.25, 0.3) is 0 Å². The minimum Gasteiger partial charge on any atom is -0.309 e. The van der Waals surface area contributed by atoms with Crippen LogP contribution in [0.3, 0.4) is 0 Å². The van der Waals surface area contributed by atoms with Gasteiger partial charge in [0, 0.05) is 32.3 Å². The Morgan fingerprint density at radius 3 is 2.55 bits per heavy atom. The molecule has 5 nitrogen and oxygen atoms in total. The Morgan fingerprint density at radius 2 is 1.95 bits per heavy atom. The standard InChI is InChI=1S/C28H25Cl2F2IN4O/c1-27(2,3)12-21-28(14-34,18-9-7-15(29)11-20(18)31)23(17-5-4-6-19(30)24(17)32)25(36-21)26(38)37-22-10-8-16(33)13-35-22/h4-11,13,21,23,25,36H,12H2,1-3H3,(H,35,37,38)/t21-,23-,25+,28-/m0/s1. The highest BCUT2D eigenvalue weighted by Gasteiger charge is 2.61. The number of nitrogens with one attached hydrogen (secondary N) is 2. The Balaban J connectivity index is 1.96. The summed E-state index contributed by atoms with van der Waals surface area (Å²) in [6.45, 7) is 5.94. The van der Waals surface area contributed by atoms with Crippen LogP contribution in [-0.2, 0) is 10.2 Å². The van der Waals surface area contributed by atoms with E-state index in [1.54, 1.807) is 24.4 Å². The van der Waals surface area contributed by atoms with Crippen LogP contribution >= 0.6 is 45.8 Å². The fraction of sp³-hybridized carbons (Fsp3) is 0.321. The second kappa shape index (κ2) is 11.0. The Morgan fingerprint density at radius 1 is 1.21 bits per heavy atom. The van der Waals surface area contributed by atoms with Gasteiger partial charge in [-0.05, 0) is 70.3 Å². The molecule has 10 heteroatoms. The van der Waals surface area contributed by atoms with Gasteiger partial charge in [0.2, 0.25) is 5.91 Å². The molecule has 0 saturated carbocycles. The second-order valence-corrected chi connectivity index (χ2v) is 12.6. The van der Waals surface area contributed by atoms with Gasteiger partial charge in [-0.25, -0.2) is 13.8 Å². The van der Waals surface area contributed by atoms with E-state index in [2.05, 4.69) is 44.3 Å². The lowest BCUT2D eigenvalue weighted by molar-refractivity contribution is -0.118. The van der Waals surface area contributed by atoms with Crippen LogP contribution in [0.5, 0.6) is 0 Å². The maximum Gasteiger partial charge on any atom is 0.243 e. The molecule has 2 N–H and O–H groups in total. The fourth-order valence-electron chi connectivity index (χ4n) is 5.21. The third-order valence-corrected chi connectivity index (χ3v) is 7.88. The van der Waals surface area contributed by atoms with Crippen LogP contribution in [0, 0.1) is 32.0 Å². The average Bonchev–Trinajstić information content (AvgIpc) is 3.15. The van der Waals surface area contributed by atoms with Crippen molar-refractivity contribution in [2.45, 2.75) is 50.6 Å². The molecule has 0 aliphatic carbocycles. The molecule has 2 heterocycles. The molecule has 3 aromatic rings. The number of pyridine rings is 1. The second-order valence-electron chi connectivity index (χ2n) is 10.5. The zero-order chi connectivity index (χ0) is 27.8. The number of hydrogen-bond donors (Lipinski definition) is 2. The molecule has 1 amide bonds. The number of carbonyl (C=O) groups is 1. The Labute approximate surface area is 244 Å². The van der Waals surface area contributed by atoms with Crippen LogP contribution in [0.1, 0.15) is 44.2 Å². The van der Waals surface area contributed by atoms with Gasteiger partial charge < -0.3 is 10.6 Å².